The minimum absolute atomic E-state index is 0.0642. The van der Waals surface area contributed by atoms with E-state index in [4.69, 9.17) is 4.98 Å². The molecule has 0 aromatic carbocycles. The van der Waals surface area contributed by atoms with E-state index < -0.39 is 0 Å². The molecule has 1 N–H and O–H groups in total. The van der Waals surface area contributed by atoms with Gasteiger partial charge in [0.1, 0.15) is 0 Å². The highest BCUT2D eigenvalue weighted by Crippen LogP contribution is 2.35. The highest BCUT2D eigenvalue weighted by atomic mass is 32.1. The van der Waals surface area contributed by atoms with Crippen molar-refractivity contribution in [3.8, 4) is 0 Å². The highest BCUT2D eigenvalue weighted by molar-refractivity contribution is 7.09. The number of hydrogen-bond donors (Lipinski definition) is 1. The van der Waals surface area contributed by atoms with Crippen LogP contribution in [0.5, 0.6) is 0 Å². The molecule has 4 nitrogen and oxygen atoms in total. The van der Waals surface area contributed by atoms with Crippen molar-refractivity contribution in [3.63, 3.8) is 0 Å². The summed E-state index contributed by atoms with van der Waals surface area (Å²) >= 11 is 1.78. The van der Waals surface area contributed by atoms with Crippen LogP contribution in [-0.4, -0.2) is 41.0 Å². The topological polar surface area (TPSA) is 45.2 Å². The first kappa shape index (κ1) is 17.5. The van der Waals surface area contributed by atoms with Gasteiger partial charge in [0.2, 0.25) is 5.91 Å². The first-order valence-corrected chi connectivity index (χ1v) is 11.0. The molecule has 4 atom stereocenters. The maximum Gasteiger partial charge on any atom is 0.239 e. The monoisotopic (exact) mass is 361 g/mol. The van der Waals surface area contributed by atoms with Crippen molar-refractivity contribution in [1.82, 2.24) is 15.2 Å². The van der Waals surface area contributed by atoms with E-state index in [-0.39, 0.29) is 6.04 Å². The van der Waals surface area contributed by atoms with Crippen molar-refractivity contribution in [1.29, 1.82) is 0 Å². The van der Waals surface area contributed by atoms with Gasteiger partial charge in [-0.1, -0.05) is 26.7 Å². The van der Waals surface area contributed by atoms with Crippen LogP contribution in [0.25, 0.3) is 0 Å². The molecule has 0 spiro atoms. The van der Waals surface area contributed by atoms with E-state index in [2.05, 4.69) is 29.4 Å². The van der Waals surface area contributed by atoms with Crippen molar-refractivity contribution < 1.29 is 4.79 Å². The predicted octanol–water partition coefficient (Wildman–Crippen LogP) is 3.89. The number of likely N-dealkylation sites (tertiary alicyclic amines) is 1. The van der Waals surface area contributed by atoms with E-state index in [9.17, 15) is 4.79 Å². The summed E-state index contributed by atoms with van der Waals surface area (Å²) in [5.74, 6) is 1.99. The fourth-order valence-corrected chi connectivity index (χ4v) is 5.97. The standard InChI is InChI=1S/C20H31N3OS/c1-13(2)18-12-25-19(22-18)15-7-5-9-23(11-15)20(24)17-10-14-6-3-4-8-16(14)21-17/h12-17,21H,3-11H2,1-2H3. The zero-order valence-corrected chi connectivity index (χ0v) is 16.4. The molecule has 4 rings (SSSR count). The van der Waals surface area contributed by atoms with E-state index in [0.29, 0.717) is 23.8 Å². The number of thiazole rings is 1. The van der Waals surface area contributed by atoms with Crippen LogP contribution in [0.3, 0.4) is 0 Å². The number of rotatable bonds is 3. The van der Waals surface area contributed by atoms with Crippen molar-refractivity contribution in [2.75, 3.05) is 13.1 Å². The van der Waals surface area contributed by atoms with Crippen LogP contribution in [0.15, 0.2) is 5.38 Å². The van der Waals surface area contributed by atoms with Gasteiger partial charge in [-0.15, -0.1) is 11.3 Å². The molecule has 0 radical (unpaired) electrons. The van der Waals surface area contributed by atoms with Gasteiger partial charge in [-0.05, 0) is 43.9 Å². The molecule has 3 aliphatic rings. The minimum Gasteiger partial charge on any atom is -0.341 e. The van der Waals surface area contributed by atoms with Gasteiger partial charge in [0.25, 0.3) is 0 Å². The Bertz CT molecular complexity index is 600. The second-order valence-corrected chi connectivity index (χ2v) is 9.38. The van der Waals surface area contributed by atoms with E-state index in [0.717, 1.165) is 38.3 Å². The molecule has 3 heterocycles. The number of hydrogen-bond acceptors (Lipinski definition) is 4. The second-order valence-electron chi connectivity index (χ2n) is 8.49. The maximum atomic E-state index is 13.1. The first-order valence-electron chi connectivity index (χ1n) is 10.1. The summed E-state index contributed by atoms with van der Waals surface area (Å²) in [5.41, 5.74) is 1.20. The fourth-order valence-electron chi connectivity index (χ4n) is 4.86. The predicted molar refractivity (Wildman–Crippen MR) is 102 cm³/mol. The zero-order chi connectivity index (χ0) is 17.4. The lowest BCUT2D eigenvalue weighted by Crippen LogP contribution is -2.48. The first-order chi connectivity index (χ1) is 12.1. The van der Waals surface area contributed by atoms with Crippen LogP contribution < -0.4 is 5.32 Å². The molecule has 25 heavy (non-hydrogen) atoms. The lowest BCUT2D eigenvalue weighted by molar-refractivity contribution is -0.134. The molecule has 4 unspecified atom stereocenters. The SMILES string of the molecule is CC(C)c1csc(C2CCCN(C(=O)C3CC4CCCCC4N3)C2)n1. The summed E-state index contributed by atoms with van der Waals surface area (Å²) in [5, 5.41) is 7.09. The van der Waals surface area contributed by atoms with Gasteiger partial charge in [-0.3, -0.25) is 4.79 Å². The molecule has 2 saturated heterocycles. The van der Waals surface area contributed by atoms with Crippen molar-refractivity contribution >= 4 is 17.2 Å². The third kappa shape index (κ3) is 3.63. The average Bonchev–Trinajstić information content (AvgIpc) is 3.28. The summed E-state index contributed by atoms with van der Waals surface area (Å²) in [6.45, 7) is 6.17. The summed E-state index contributed by atoms with van der Waals surface area (Å²) in [4.78, 5) is 20.1. The zero-order valence-electron chi connectivity index (χ0n) is 15.5. The van der Waals surface area contributed by atoms with E-state index in [1.54, 1.807) is 11.3 Å². The van der Waals surface area contributed by atoms with Crippen LogP contribution in [-0.2, 0) is 4.79 Å². The van der Waals surface area contributed by atoms with Crippen molar-refractivity contribution in [2.24, 2.45) is 5.92 Å². The van der Waals surface area contributed by atoms with Crippen molar-refractivity contribution in [3.05, 3.63) is 16.1 Å². The van der Waals surface area contributed by atoms with Crippen LogP contribution in [0.4, 0.5) is 0 Å². The Hall–Kier alpha value is -0.940. The van der Waals surface area contributed by atoms with Crippen molar-refractivity contribution in [2.45, 2.75) is 82.7 Å². The second kappa shape index (κ2) is 7.36. The summed E-state index contributed by atoms with van der Waals surface area (Å²) in [6, 6.07) is 0.658. The highest BCUT2D eigenvalue weighted by Gasteiger charge is 2.40. The Balaban J connectivity index is 1.39. The Morgan fingerprint density at radius 3 is 2.88 bits per heavy atom. The number of fused-ring (bicyclic) bond motifs is 1. The largest absolute Gasteiger partial charge is 0.341 e. The smallest absolute Gasteiger partial charge is 0.239 e. The Morgan fingerprint density at radius 1 is 1.28 bits per heavy atom. The molecular formula is C20H31N3OS. The third-order valence-corrected chi connectivity index (χ3v) is 7.40. The number of aromatic nitrogens is 1. The quantitative estimate of drug-likeness (QED) is 0.888. The Labute approximate surface area is 155 Å². The number of carbonyl (C=O) groups is 1. The number of piperidine rings is 1. The number of nitrogens with zero attached hydrogens (tertiary/aromatic N) is 2. The average molecular weight is 362 g/mol. The van der Waals surface area contributed by atoms with Gasteiger partial charge in [-0.25, -0.2) is 4.98 Å². The van der Waals surface area contributed by atoms with Gasteiger partial charge in [0.15, 0.2) is 0 Å². The van der Waals surface area contributed by atoms with Gasteiger partial charge >= 0.3 is 0 Å². The van der Waals surface area contributed by atoms with Crippen LogP contribution >= 0.6 is 11.3 Å². The lowest BCUT2D eigenvalue weighted by atomic mass is 9.85. The van der Waals surface area contributed by atoms with E-state index in [1.807, 2.05) is 0 Å². The van der Waals surface area contributed by atoms with E-state index >= 15 is 0 Å². The van der Waals surface area contributed by atoms with Gasteiger partial charge in [-0.2, -0.15) is 0 Å². The Morgan fingerprint density at radius 2 is 2.12 bits per heavy atom. The molecule has 5 heteroatoms. The van der Waals surface area contributed by atoms with Gasteiger partial charge in [0.05, 0.1) is 16.7 Å². The van der Waals surface area contributed by atoms with Crippen LogP contribution in [0.1, 0.15) is 81.3 Å². The van der Waals surface area contributed by atoms with Gasteiger partial charge < -0.3 is 10.2 Å². The molecule has 1 amide bonds. The summed E-state index contributed by atoms with van der Waals surface area (Å²) < 4.78 is 0. The molecule has 3 fully saturated rings. The number of nitrogens with one attached hydrogen (secondary N) is 1. The summed E-state index contributed by atoms with van der Waals surface area (Å²) in [7, 11) is 0. The molecule has 1 aromatic rings. The van der Waals surface area contributed by atoms with Crippen LogP contribution in [0, 0.1) is 5.92 Å². The normalized spacial score (nSPS) is 32.8. The van der Waals surface area contributed by atoms with Gasteiger partial charge in [0, 0.05) is 30.4 Å². The molecular weight excluding hydrogens is 330 g/mol. The summed E-state index contributed by atoms with van der Waals surface area (Å²) in [6.07, 6.45) is 8.56. The molecule has 1 saturated carbocycles. The maximum absolute atomic E-state index is 13.1. The molecule has 1 aliphatic carbocycles. The fraction of sp³-hybridized carbons (Fsp3) is 0.800. The number of carbonyl (C=O) groups excluding carboxylic acids is 1. The molecule has 1 aromatic heterocycles. The number of amides is 1. The lowest BCUT2D eigenvalue weighted by Gasteiger charge is -2.33. The third-order valence-electron chi connectivity index (χ3n) is 6.37. The van der Waals surface area contributed by atoms with Crippen LogP contribution in [0.2, 0.25) is 0 Å². The molecule has 2 aliphatic heterocycles. The Kier molecular flexibility index (Phi) is 5.14. The molecule has 138 valence electrons. The molecule has 0 bridgehead atoms. The van der Waals surface area contributed by atoms with E-state index in [1.165, 1.54) is 36.4 Å². The minimum atomic E-state index is 0.0642.